The first-order chi connectivity index (χ1) is 12.3. The standard InChI is InChI=1S/C20H32N4O/c21-16-17-6-8-18(9-7-17)20(25)22-10-11-23-12-14-24(15-13-23)19-4-2-1-3-5-19/h1-5,17-18H,6-16,21H2,(H,22,25). The first-order valence-corrected chi connectivity index (χ1v) is 9.76. The van der Waals surface area contributed by atoms with Crippen molar-refractivity contribution in [1.29, 1.82) is 0 Å². The highest BCUT2D eigenvalue weighted by molar-refractivity contribution is 5.78. The van der Waals surface area contributed by atoms with Crippen LogP contribution in [0.2, 0.25) is 0 Å². The Morgan fingerprint density at radius 2 is 1.72 bits per heavy atom. The van der Waals surface area contributed by atoms with Crippen molar-refractivity contribution in [3.05, 3.63) is 30.3 Å². The fourth-order valence-corrected chi connectivity index (χ4v) is 4.01. The number of para-hydroxylation sites is 1. The Hall–Kier alpha value is -1.59. The molecule has 0 aromatic heterocycles. The van der Waals surface area contributed by atoms with Gasteiger partial charge in [0.1, 0.15) is 0 Å². The van der Waals surface area contributed by atoms with Crippen LogP contribution in [0.15, 0.2) is 30.3 Å². The fourth-order valence-electron chi connectivity index (χ4n) is 4.01. The zero-order valence-electron chi connectivity index (χ0n) is 15.2. The molecule has 1 saturated carbocycles. The predicted octanol–water partition coefficient (Wildman–Crippen LogP) is 1.69. The summed E-state index contributed by atoms with van der Waals surface area (Å²) in [5.74, 6) is 1.08. The zero-order valence-corrected chi connectivity index (χ0v) is 15.2. The zero-order chi connectivity index (χ0) is 17.5. The normalized spacial score (nSPS) is 24.9. The lowest BCUT2D eigenvalue weighted by Crippen LogP contribution is -2.48. The molecular formula is C20H32N4O. The lowest BCUT2D eigenvalue weighted by Gasteiger charge is -2.36. The molecule has 0 bridgehead atoms. The van der Waals surface area contributed by atoms with E-state index in [-0.39, 0.29) is 11.8 Å². The molecule has 0 spiro atoms. The van der Waals surface area contributed by atoms with Gasteiger partial charge >= 0.3 is 0 Å². The van der Waals surface area contributed by atoms with Crippen molar-refractivity contribution < 1.29 is 4.79 Å². The van der Waals surface area contributed by atoms with E-state index in [2.05, 4.69) is 45.4 Å². The highest BCUT2D eigenvalue weighted by Gasteiger charge is 2.25. The molecular weight excluding hydrogens is 312 g/mol. The van der Waals surface area contributed by atoms with Crippen LogP contribution in [0.4, 0.5) is 5.69 Å². The molecule has 2 fully saturated rings. The van der Waals surface area contributed by atoms with Crippen LogP contribution in [0.1, 0.15) is 25.7 Å². The molecule has 5 heteroatoms. The first kappa shape index (κ1) is 18.2. The average Bonchev–Trinajstić information content (AvgIpc) is 2.69. The highest BCUT2D eigenvalue weighted by Crippen LogP contribution is 2.28. The summed E-state index contributed by atoms with van der Waals surface area (Å²) in [7, 11) is 0. The second-order valence-electron chi connectivity index (χ2n) is 7.41. The molecule has 2 aliphatic rings. The monoisotopic (exact) mass is 344 g/mol. The minimum atomic E-state index is 0.206. The van der Waals surface area contributed by atoms with Crippen LogP contribution >= 0.6 is 0 Å². The van der Waals surface area contributed by atoms with Gasteiger partial charge in [0, 0.05) is 50.9 Å². The molecule has 138 valence electrons. The van der Waals surface area contributed by atoms with Gasteiger partial charge in [-0.3, -0.25) is 9.69 Å². The summed E-state index contributed by atoms with van der Waals surface area (Å²) >= 11 is 0. The highest BCUT2D eigenvalue weighted by atomic mass is 16.1. The van der Waals surface area contributed by atoms with Crippen LogP contribution in [0.25, 0.3) is 0 Å². The van der Waals surface area contributed by atoms with Crippen LogP contribution in [0, 0.1) is 11.8 Å². The molecule has 1 aliphatic carbocycles. The lowest BCUT2D eigenvalue weighted by atomic mass is 9.81. The molecule has 0 atom stereocenters. The van der Waals surface area contributed by atoms with E-state index >= 15 is 0 Å². The van der Waals surface area contributed by atoms with Gasteiger partial charge in [0.05, 0.1) is 0 Å². The summed E-state index contributed by atoms with van der Waals surface area (Å²) < 4.78 is 0. The van der Waals surface area contributed by atoms with Crippen molar-refractivity contribution in [2.45, 2.75) is 25.7 Å². The molecule has 1 aromatic rings. The Balaban J connectivity index is 1.32. The van der Waals surface area contributed by atoms with E-state index in [1.54, 1.807) is 0 Å². The third-order valence-electron chi connectivity index (χ3n) is 5.77. The maximum Gasteiger partial charge on any atom is 0.223 e. The van der Waals surface area contributed by atoms with Gasteiger partial charge in [-0.25, -0.2) is 0 Å². The molecule has 1 aliphatic heterocycles. The number of hydrogen-bond donors (Lipinski definition) is 2. The topological polar surface area (TPSA) is 61.6 Å². The number of nitrogens with zero attached hydrogens (tertiary/aromatic N) is 2. The van der Waals surface area contributed by atoms with Crippen molar-refractivity contribution in [1.82, 2.24) is 10.2 Å². The average molecular weight is 345 g/mol. The molecule has 3 rings (SSSR count). The molecule has 1 aromatic carbocycles. The van der Waals surface area contributed by atoms with Crippen molar-refractivity contribution >= 4 is 11.6 Å². The second kappa shape index (κ2) is 9.20. The number of piperazine rings is 1. The summed E-state index contributed by atoms with van der Waals surface area (Å²) in [5, 5.41) is 3.15. The van der Waals surface area contributed by atoms with Crippen LogP contribution < -0.4 is 16.0 Å². The fraction of sp³-hybridized carbons (Fsp3) is 0.650. The number of rotatable bonds is 6. The molecule has 1 heterocycles. The number of nitrogens with one attached hydrogen (secondary N) is 1. The van der Waals surface area contributed by atoms with Gasteiger partial charge in [-0.1, -0.05) is 18.2 Å². The third kappa shape index (κ3) is 5.19. The summed E-state index contributed by atoms with van der Waals surface area (Å²) in [6.45, 7) is 6.72. The van der Waals surface area contributed by atoms with Crippen molar-refractivity contribution in [2.75, 3.05) is 50.7 Å². The Morgan fingerprint density at radius 1 is 1.04 bits per heavy atom. The van der Waals surface area contributed by atoms with E-state index in [1.165, 1.54) is 5.69 Å². The Kier molecular flexibility index (Phi) is 6.70. The van der Waals surface area contributed by atoms with E-state index < -0.39 is 0 Å². The van der Waals surface area contributed by atoms with Crippen molar-refractivity contribution in [2.24, 2.45) is 17.6 Å². The molecule has 5 nitrogen and oxygen atoms in total. The minimum Gasteiger partial charge on any atom is -0.369 e. The van der Waals surface area contributed by atoms with Gasteiger partial charge in [-0.05, 0) is 50.3 Å². The van der Waals surface area contributed by atoms with Crippen molar-refractivity contribution in [3.63, 3.8) is 0 Å². The number of carbonyl (C=O) groups is 1. The smallest absolute Gasteiger partial charge is 0.223 e. The van der Waals surface area contributed by atoms with Crippen molar-refractivity contribution in [3.8, 4) is 0 Å². The van der Waals surface area contributed by atoms with Gasteiger partial charge in [-0.2, -0.15) is 0 Å². The number of amides is 1. The summed E-state index contributed by atoms with van der Waals surface area (Å²) in [5.41, 5.74) is 7.03. The van der Waals surface area contributed by atoms with Gasteiger partial charge in [0.25, 0.3) is 0 Å². The Labute approximate surface area is 151 Å². The maximum atomic E-state index is 12.3. The van der Waals surface area contributed by atoms with Gasteiger partial charge < -0.3 is 16.0 Å². The van der Waals surface area contributed by atoms with E-state index in [4.69, 9.17) is 5.73 Å². The summed E-state index contributed by atoms with van der Waals surface area (Å²) in [4.78, 5) is 17.2. The van der Waals surface area contributed by atoms with E-state index in [0.717, 1.165) is 71.5 Å². The summed E-state index contributed by atoms with van der Waals surface area (Å²) in [6.07, 6.45) is 4.22. The summed E-state index contributed by atoms with van der Waals surface area (Å²) in [6, 6.07) is 10.6. The maximum absolute atomic E-state index is 12.3. The van der Waals surface area contributed by atoms with Gasteiger partial charge in [0.15, 0.2) is 0 Å². The minimum absolute atomic E-state index is 0.206. The molecule has 1 amide bonds. The number of hydrogen-bond acceptors (Lipinski definition) is 4. The van der Waals surface area contributed by atoms with E-state index in [9.17, 15) is 4.79 Å². The first-order valence-electron chi connectivity index (χ1n) is 9.76. The molecule has 1 saturated heterocycles. The predicted molar refractivity (Wildman–Crippen MR) is 103 cm³/mol. The van der Waals surface area contributed by atoms with Crippen LogP contribution in [-0.2, 0) is 4.79 Å². The number of carbonyl (C=O) groups excluding carboxylic acids is 1. The lowest BCUT2D eigenvalue weighted by molar-refractivity contribution is -0.126. The van der Waals surface area contributed by atoms with E-state index in [1.807, 2.05) is 0 Å². The van der Waals surface area contributed by atoms with E-state index in [0.29, 0.717) is 5.92 Å². The van der Waals surface area contributed by atoms with Crippen LogP contribution in [0.3, 0.4) is 0 Å². The van der Waals surface area contributed by atoms with Crippen LogP contribution in [-0.4, -0.2) is 56.6 Å². The SMILES string of the molecule is NCC1CCC(C(=O)NCCN2CCN(c3ccccc3)CC2)CC1. The Morgan fingerprint density at radius 3 is 2.36 bits per heavy atom. The number of benzene rings is 1. The molecule has 0 unspecified atom stereocenters. The molecule has 25 heavy (non-hydrogen) atoms. The largest absolute Gasteiger partial charge is 0.369 e. The Bertz CT molecular complexity index is 520. The molecule has 0 radical (unpaired) electrons. The van der Waals surface area contributed by atoms with Gasteiger partial charge in [-0.15, -0.1) is 0 Å². The molecule has 3 N–H and O–H groups in total. The van der Waals surface area contributed by atoms with Gasteiger partial charge in [0.2, 0.25) is 5.91 Å². The van der Waals surface area contributed by atoms with Crippen LogP contribution in [0.5, 0.6) is 0 Å². The number of nitrogens with two attached hydrogens (primary N) is 1. The number of anilines is 1. The second-order valence-corrected chi connectivity index (χ2v) is 7.41. The third-order valence-corrected chi connectivity index (χ3v) is 5.77. The quantitative estimate of drug-likeness (QED) is 0.824.